The molecule has 1 unspecified atom stereocenters. The number of aliphatic hydroxyl groups is 1. The average Bonchev–Trinajstić information content (AvgIpc) is 1.84. The van der Waals surface area contributed by atoms with Crippen LogP contribution in [0.2, 0.25) is 0 Å². The van der Waals surface area contributed by atoms with Gasteiger partial charge in [-0.2, -0.15) is 0 Å². The van der Waals surface area contributed by atoms with E-state index in [1.54, 1.807) is 0 Å². The smallest absolute Gasteiger partial charge is 0.344 e. The Hall–Kier alpha value is -0.220. The van der Waals surface area contributed by atoms with E-state index in [0.717, 1.165) is 7.11 Å². The maximum atomic E-state index is 10.2. The predicted octanol–water partition coefficient (Wildman–Crippen LogP) is -1.23. The summed E-state index contributed by atoms with van der Waals surface area (Å²) in [6.07, 6.45) is 0. The summed E-state index contributed by atoms with van der Waals surface area (Å²) in [5.74, 6) is -2.84. The summed E-state index contributed by atoms with van der Waals surface area (Å²) < 4.78 is 3.98. The summed E-state index contributed by atoms with van der Waals surface area (Å²) in [6, 6.07) is 0. The number of hydrogen-bond acceptors (Lipinski definition) is 5. The zero-order valence-corrected chi connectivity index (χ0v) is 5.58. The molecule has 0 aliphatic rings. The SMILES string of the molecule is COC(=O)C(O)P(O)O. The summed E-state index contributed by atoms with van der Waals surface area (Å²) in [5, 5.41) is 8.45. The van der Waals surface area contributed by atoms with E-state index in [2.05, 4.69) is 4.74 Å². The largest absolute Gasteiger partial charge is 0.467 e. The number of hydrogen-bond donors (Lipinski definition) is 3. The van der Waals surface area contributed by atoms with Crippen LogP contribution >= 0.6 is 8.38 Å². The van der Waals surface area contributed by atoms with Gasteiger partial charge in [0.2, 0.25) is 14.2 Å². The quantitative estimate of drug-likeness (QED) is 0.342. The molecule has 0 spiro atoms. The lowest BCUT2D eigenvalue weighted by molar-refractivity contribution is -0.146. The average molecular weight is 154 g/mol. The lowest BCUT2D eigenvalue weighted by Crippen LogP contribution is -2.19. The molecule has 0 heterocycles. The van der Waals surface area contributed by atoms with Gasteiger partial charge in [0.15, 0.2) is 0 Å². The summed E-state index contributed by atoms with van der Waals surface area (Å²) in [7, 11) is -1.58. The normalized spacial score (nSPS) is 13.4. The maximum Gasteiger partial charge on any atom is 0.344 e. The summed E-state index contributed by atoms with van der Waals surface area (Å²) in [6.45, 7) is 0. The van der Waals surface area contributed by atoms with Crippen LogP contribution in [0.25, 0.3) is 0 Å². The first-order chi connectivity index (χ1) is 4.09. The fraction of sp³-hybridized carbons (Fsp3) is 0.667. The highest BCUT2D eigenvalue weighted by Crippen LogP contribution is 2.28. The number of rotatable bonds is 2. The van der Waals surface area contributed by atoms with Crippen molar-refractivity contribution in [1.82, 2.24) is 0 Å². The molecule has 0 aromatic heterocycles. The number of esters is 1. The molecular weight excluding hydrogens is 147 g/mol. The molecule has 3 N–H and O–H groups in total. The Labute approximate surface area is 52.8 Å². The fourth-order valence-electron chi connectivity index (χ4n) is 0.200. The van der Waals surface area contributed by atoms with Gasteiger partial charge in [0, 0.05) is 0 Å². The standard InChI is InChI=1S/C3H7O5P/c1-8-2(4)3(5)9(6)7/h3,5-7H,1H3. The number of carbonyl (C=O) groups is 1. The van der Waals surface area contributed by atoms with Gasteiger partial charge in [-0.05, 0) is 0 Å². The molecular formula is C3H7O5P. The maximum absolute atomic E-state index is 10.2. The third-order valence-corrected chi connectivity index (χ3v) is 1.28. The van der Waals surface area contributed by atoms with Gasteiger partial charge in [0.25, 0.3) is 0 Å². The van der Waals surface area contributed by atoms with E-state index in [9.17, 15) is 4.79 Å². The Kier molecular flexibility index (Phi) is 3.65. The Morgan fingerprint density at radius 2 is 2.11 bits per heavy atom. The highest BCUT2D eigenvalue weighted by Gasteiger charge is 2.23. The molecule has 0 aliphatic heterocycles. The molecule has 0 aromatic rings. The third-order valence-electron chi connectivity index (χ3n) is 0.631. The van der Waals surface area contributed by atoms with E-state index in [1.165, 1.54) is 0 Å². The summed E-state index contributed by atoms with van der Waals surface area (Å²) in [4.78, 5) is 26.6. The van der Waals surface area contributed by atoms with Gasteiger partial charge in [-0.15, -0.1) is 0 Å². The second kappa shape index (κ2) is 3.74. The minimum atomic E-state index is -2.63. The monoisotopic (exact) mass is 154 g/mol. The van der Waals surface area contributed by atoms with Crippen LogP contribution < -0.4 is 0 Å². The van der Waals surface area contributed by atoms with Crippen molar-refractivity contribution in [2.45, 2.75) is 5.85 Å². The second-order valence-electron chi connectivity index (χ2n) is 1.22. The Morgan fingerprint density at radius 1 is 1.67 bits per heavy atom. The third kappa shape index (κ3) is 2.72. The van der Waals surface area contributed by atoms with Crippen LogP contribution in [0.1, 0.15) is 0 Å². The van der Waals surface area contributed by atoms with Gasteiger partial charge in [0.1, 0.15) is 0 Å². The van der Waals surface area contributed by atoms with Gasteiger partial charge in [-0.1, -0.05) is 0 Å². The van der Waals surface area contributed by atoms with Crippen molar-refractivity contribution < 1.29 is 24.4 Å². The molecule has 0 radical (unpaired) electrons. The van der Waals surface area contributed by atoms with Crippen molar-refractivity contribution in [2.24, 2.45) is 0 Å². The topological polar surface area (TPSA) is 87.0 Å². The van der Waals surface area contributed by atoms with E-state index >= 15 is 0 Å². The van der Waals surface area contributed by atoms with Crippen LogP contribution in [-0.2, 0) is 9.53 Å². The second-order valence-corrected chi connectivity index (χ2v) is 2.35. The predicted molar refractivity (Wildman–Crippen MR) is 29.4 cm³/mol. The zero-order valence-electron chi connectivity index (χ0n) is 4.68. The van der Waals surface area contributed by atoms with Crippen molar-refractivity contribution in [3.05, 3.63) is 0 Å². The van der Waals surface area contributed by atoms with Crippen LogP contribution in [0.4, 0.5) is 0 Å². The Morgan fingerprint density at radius 3 is 2.22 bits per heavy atom. The van der Waals surface area contributed by atoms with Crippen molar-refractivity contribution >= 4 is 14.3 Å². The molecule has 0 saturated carbocycles. The zero-order chi connectivity index (χ0) is 7.44. The Bertz CT molecular complexity index is 102. The number of aliphatic hydroxyl groups excluding tert-OH is 1. The molecule has 0 aliphatic carbocycles. The van der Waals surface area contributed by atoms with Crippen LogP contribution in [0.15, 0.2) is 0 Å². The van der Waals surface area contributed by atoms with Gasteiger partial charge >= 0.3 is 5.97 Å². The lowest BCUT2D eigenvalue weighted by Gasteiger charge is -2.07. The highest BCUT2D eigenvalue weighted by atomic mass is 31.2. The lowest BCUT2D eigenvalue weighted by atomic mass is 10.7. The first-order valence-corrected chi connectivity index (χ1v) is 3.34. The highest BCUT2D eigenvalue weighted by molar-refractivity contribution is 7.46. The van der Waals surface area contributed by atoms with Crippen molar-refractivity contribution in [2.75, 3.05) is 7.11 Å². The molecule has 0 saturated heterocycles. The first-order valence-electron chi connectivity index (χ1n) is 2.02. The van der Waals surface area contributed by atoms with Crippen LogP contribution in [0.5, 0.6) is 0 Å². The van der Waals surface area contributed by atoms with Gasteiger partial charge < -0.3 is 19.6 Å². The summed E-state index contributed by atoms with van der Waals surface area (Å²) in [5.41, 5.74) is 0. The molecule has 0 rings (SSSR count). The fourth-order valence-corrected chi connectivity index (χ4v) is 0.494. The van der Waals surface area contributed by atoms with Gasteiger partial charge in [0.05, 0.1) is 7.11 Å². The van der Waals surface area contributed by atoms with Crippen molar-refractivity contribution in [3.63, 3.8) is 0 Å². The van der Waals surface area contributed by atoms with Crippen molar-refractivity contribution in [1.29, 1.82) is 0 Å². The van der Waals surface area contributed by atoms with E-state index < -0.39 is 20.2 Å². The van der Waals surface area contributed by atoms with Gasteiger partial charge in [-0.25, -0.2) is 4.79 Å². The molecule has 6 heteroatoms. The van der Waals surface area contributed by atoms with Crippen LogP contribution in [0, 0.1) is 0 Å². The van der Waals surface area contributed by atoms with Crippen molar-refractivity contribution in [3.8, 4) is 0 Å². The number of carbonyl (C=O) groups excluding carboxylic acids is 1. The summed E-state index contributed by atoms with van der Waals surface area (Å²) >= 11 is 0. The minimum Gasteiger partial charge on any atom is -0.467 e. The van der Waals surface area contributed by atoms with E-state index in [-0.39, 0.29) is 0 Å². The van der Waals surface area contributed by atoms with E-state index in [4.69, 9.17) is 14.9 Å². The van der Waals surface area contributed by atoms with Gasteiger partial charge in [-0.3, -0.25) is 0 Å². The van der Waals surface area contributed by atoms with E-state index in [0.29, 0.717) is 0 Å². The number of methoxy groups -OCH3 is 1. The van der Waals surface area contributed by atoms with Crippen LogP contribution in [0.3, 0.4) is 0 Å². The first kappa shape index (κ1) is 8.78. The molecule has 9 heavy (non-hydrogen) atoms. The molecule has 54 valence electrons. The molecule has 5 nitrogen and oxygen atoms in total. The Balaban J connectivity index is 3.72. The number of ether oxygens (including phenoxy) is 1. The molecule has 0 bridgehead atoms. The molecule has 0 aromatic carbocycles. The van der Waals surface area contributed by atoms with E-state index in [1.807, 2.05) is 0 Å². The molecule has 0 amide bonds. The van der Waals surface area contributed by atoms with Crippen LogP contribution in [-0.4, -0.2) is 33.8 Å². The molecule has 1 atom stereocenters. The minimum absolute atomic E-state index is 1.04. The molecule has 0 fully saturated rings.